The minimum Gasteiger partial charge on any atom is -0.354 e. The molecule has 1 heterocycles. The third-order valence-electron chi connectivity index (χ3n) is 6.51. The summed E-state index contributed by atoms with van der Waals surface area (Å²) in [4.78, 5) is 27.2. The normalized spacial score (nSPS) is 26.6. The van der Waals surface area contributed by atoms with Gasteiger partial charge in [-0.05, 0) is 32.1 Å². The highest BCUT2D eigenvalue weighted by Crippen LogP contribution is 2.28. The van der Waals surface area contributed by atoms with Crippen LogP contribution in [0.1, 0.15) is 70.6 Å². The molecule has 0 aromatic heterocycles. The van der Waals surface area contributed by atoms with Crippen LogP contribution in [0.15, 0.2) is 0 Å². The molecule has 2 aliphatic carbocycles. The Kier molecular flexibility index (Phi) is 7.17. The van der Waals surface area contributed by atoms with E-state index in [1.807, 2.05) is 0 Å². The highest BCUT2D eigenvalue weighted by atomic mass is 32.2. The van der Waals surface area contributed by atoms with Crippen molar-refractivity contribution in [1.82, 2.24) is 10.2 Å². The van der Waals surface area contributed by atoms with E-state index >= 15 is 0 Å². The molecule has 0 aromatic rings. The summed E-state index contributed by atoms with van der Waals surface area (Å²) in [5.41, 5.74) is 0. The van der Waals surface area contributed by atoms with Gasteiger partial charge in [-0.2, -0.15) is 0 Å². The molecule has 27 heavy (non-hydrogen) atoms. The predicted octanol–water partition coefficient (Wildman–Crippen LogP) is 2.28. The summed E-state index contributed by atoms with van der Waals surface area (Å²) in [6.07, 6.45) is 11.0. The number of sulfone groups is 1. The minimum atomic E-state index is -3.04. The lowest BCUT2D eigenvalue weighted by Crippen LogP contribution is -2.48. The summed E-state index contributed by atoms with van der Waals surface area (Å²) in [7, 11) is -3.04. The molecule has 1 N–H and O–H groups in total. The van der Waals surface area contributed by atoms with Crippen LogP contribution in [0, 0.1) is 11.8 Å². The van der Waals surface area contributed by atoms with Gasteiger partial charge in [0.2, 0.25) is 11.8 Å². The van der Waals surface area contributed by atoms with E-state index in [2.05, 4.69) is 5.32 Å². The van der Waals surface area contributed by atoms with Gasteiger partial charge in [-0.25, -0.2) is 8.42 Å². The van der Waals surface area contributed by atoms with E-state index in [1.54, 1.807) is 4.90 Å². The first-order chi connectivity index (χ1) is 13.0. The lowest BCUT2D eigenvalue weighted by atomic mass is 9.88. The number of hydrogen-bond donors (Lipinski definition) is 1. The number of carbonyl (C=O) groups excluding carboxylic acids is 2. The quantitative estimate of drug-likeness (QED) is 0.744. The molecule has 0 spiro atoms. The third kappa shape index (κ3) is 5.69. The van der Waals surface area contributed by atoms with E-state index in [0.717, 1.165) is 51.4 Å². The van der Waals surface area contributed by atoms with Gasteiger partial charge in [0, 0.05) is 31.0 Å². The molecule has 3 fully saturated rings. The van der Waals surface area contributed by atoms with Crippen molar-refractivity contribution in [2.24, 2.45) is 11.8 Å². The SMILES string of the molecule is O=C(NCCN(C(=O)C1CCCCC1)C1CCS(=O)(=O)C1)C1CCCCC1. The molecule has 3 aliphatic rings. The van der Waals surface area contributed by atoms with Gasteiger partial charge in [0.25, 0.3) is 0 Å². The molecule has 2 saturated carbocycles. The Morgan fingerprint density at radius 1 is 0.852 bits per heavy atom. The Hall–Kier alpha value is -1.11. The molecule has 1 saturated heterocycles. The second-order valence-electron chi connectivity index (χ2n) is 8.55. The minimum absolute atomic E-state index is 0.0242. The summed E-state index contributed by atoms with van der Waals surface area (Å²) < 4.78 is 23.9. The third-order valence-corrected chi connectivity index (χ3v) is 8.26. The first kappa shape index (κ1) is 20.6. The molecule has 1 aliphatic heterocycles. The van der Waals surface area contributed by atoms with Crippen molar-refractivity contribution < 1.29 is 18.0 Å². The standard InChI is InChI=1S/C20H34N2O4S/c23-19(16-7-3-1-4-8-16)21-12-13-22(18-11-14-27(25,26)15-18)20(24)17-9-5-2-6-10-17/h16-18H,1-15H2,(H,21,23). The summed E-state index contributed by atoms with van der Waals surface area (Å²) in [6.45, 7) is 0.846. The number of nitrogens with one attached hydrogen (secondary N) is 1. The van der Waals surface area contributed by atoms with Crippen molar-refractivity contribution >= 4 is 21.7 Å². The van der Waals surface area contributed by atoms with Crippen LogP contribution in [-0.4, -0.2) is 55.8 Å². The molecule has 6 nitrogen and oxygen atoms in total. The van der Waals surface area contributed by atoms with E-state index in [4.69, 9.17) is 0 Å². The Morgan fingerprint density at radius 3 is 2.00 bits per heavy atom. The number of hydrogen-bond acceptors (Lipinski definition) is 4. The van der Waals surface area contributed by atoms with E-state index < -0.39 is 9.84 Å². The summed E-state index contributed by atoms with van der Waals surface area (Å²) >= 11 is 0. The Balaban J connectivity index is 1.57. The van der Waals surface area contributed by atoms with Crippen molar-refractivity contribution in [3.63, 3.8) is 0 Å². The molecule has 1 unspecified atom stereocenters. The summed E-state index contributed by atoms with van der Waals surface area (Å²) in [6, 6.07) is -0.226. The van der Waals surface area contributed by atoms with Crippen molar-refractivity contribution in [1.29, 1.82) is 0 Å². The predicted molar refractivity (Wildman–Crippen MR) is 105 cm³/mol. The maximum absolute atomic E-state index is 13.1. The van der Waals surface area contributed by atoms with Gasteiger partial charge in [0.1, 0.15) is 0 Å². The molecule has 7 heteroatoms. The van der Waals surface area contributed by atoms with Gasteiger partial charge in [0.15, 0.2) is 9.84 Å². The molecule has 3 rings (SSSR count). The molecule has 0 bridgehead atoms. The zero-order chi connectivity index (χ0) is 19.3. The highest BCUT2D eigenvalue weighted by Gasteiger charge is 2.37. The number of nitrogens with zero attached hydrogens (tertiary/aromatic N) is 1. The van der Waals surface area contributed by atoms with Crippen LogP contribution in [0.4, 0.5) is 0 Å². The lowest BCUT2D eigenvalue weighted by Gasteiger charge is -2.33. The number of amides is 2. The van der Waals surface area contributed by atoms with Crippen LogP contribution in [0.3, 0.4) is 0 Å². The van der Waals surface area contributed by atoms with Crippen LogP contribution in [-0.2, 0) is 19.4 Å². The number of carbonyl (C=O) groups is 2. The molecular weight excluding hydrogens is 364 g/mol. The second-order valence-corrected chi connectivity index (χ2v) is 10.8. The molecule has 1 atom stereocenters. The van der Waals surface area contributed by atoms with Crippen molar-refractivity contribution in [2.45, 2.75) is 76.7 Å². The summed E-state index contributed by atoms with van der Waals surface area (Å²) in [5.74, 6) is 0.564. The van der Waals surface area contributed by atoms with Crippen LogP contribution in [0.25, 0.3) is 0 Å². The van der Waals surface area contributed by atoms with Gasteiger partial charge >= 0.3 is 0 Å². The maximum atomic E-state index is 13.1. The second kappa shape index (κ2) is 9.39. The molecule has 0 aromatic carbocycles. The van der Waals surface area contributed by atoms with Crippen LogP contribution in [0.2, 0.25) is 0 Å². The van der Waals surface area contributed by atoms with Crippen molar-refractivity contribution in [2.75, 3.05) is 24.6 Å². The average Bonchev–Trinajstić information content (AvgIpc) is 3.05. The number of rotatable bonds is 6. The zero-order valence-corrected chi connectivity index (χ0v) is 17.1. The summed E-state index contributed by atoms with van der Waals surface area (Å²) in [5, 5.41) is 3.00. The average molecular weight is 399 g/mol. The Labute approximate surface area is 163 Å². The zero-order valence-electron chi connectivity index (χ0n) is 16.3. The Bertz CT molecular complexity index is 622. The Morgan fingerprint density at radius 2 is 1.44 bits per heavy atom. The van der Waals surface area contributed by atoms with Gasteiger partial charge in [-0.15, -0.1) is 0 Å². The molecular formula is C20H34N2O4S. The highest BCUT2D eigenvalue weighted by molar-refractivity contribution is 7.91. The van der Waals surface area contributed by atoms with Crippen molar-refractivity contribution in [3.05, 3.63) is 0 Å². The van der Waals surface area contributed by atoms with Crippen LogP contribution in [0.5, 0.6) is 0 Å². The van der Waals surface area contributed by atoms with Gasteiger partial charge in [0.05, 0.1) is 11.5 Å². The van der Waals surface area contributed by atoms with E-state index in [-0.39, 0.29) is 41.2 Å². The van der Waals surface area contributed by atoms with E-state index in [9.17, 15) is 18.0 Å². The van der Waals surface area contributed by atoms with E-state index in [0.29, 0.717) is 19.5 Å². The van der Waals surface area contributed by atoms with E-state index in [1.165, 1.54) is 12.8 Å². The fourth-order valence-corrected chi connectivity index (χ4v) is 6.62. The molecule has 154 valence electrons. The monoisotopic (exact) mass is 398 g/mol. The first-order valence-corrected chi connectivity index (χ1v) is 12.6. The van der Waals surface area contributed by atoms with Crippen LogP contribution < -0.4 is 5.32 Å². The molecule has 0 radical (unpaired) electrons. The van der Waals surface area contributed by atoms with Gasteiger partial charge < -0.3 is 10.2 Å². The smallest absolute Gasteiger partial charge is 0.226 e. The largest absolute Gasteiger partial charge is 0.354 e. The first-order valence-electron chi connectivity index (χ1n) is 10.7. The lowest BCUT2D eigenvalue weighted by molar-refractivity contribution is -0.139. The fourth-order valence-electron chi connectivity index (χ4n) is 4.89. The molecule has 2 amide bonds. The maximum Gasteiger partial charge on any atom is 0.226 e. The van der Waals surface area contributed by atoms with Crippen LogP contribution >= 0.6 is 0 Å². The topological polar surface area (TPSA) is 83.6 Å². The van der Waals surface area contributed by atoms with Gasteiger partial charge in [-0.3, -0.25) is 9.59 Å². The van der Waals surface area contributed by atoms with Crippen molar-refractivity contribution in [3.8, 4) is 0 Å². The fraction of sp³-hybridized carbons (Fsp3) is 0.900. The van der Waals surface area contributed by atoms with Gasteiger partial charge in [-0.1, -0.05) is 38.5 Å².